The highest BCUT2D eigenvalue weighted by Gasteiger charge is 2.30. The molecule has 124 valence electrons. The van der Waals surface area contributed by atoms with E-state index >= 15 is 0 Å². The number of rotatable bonds is 5. The Morgan fingerprint density at radius 1 is 1.30 bits per heavy atom. The molecule has 3 heterocycles. The summed E-state index contributed by atoms with van der Waals surface area (Å²) in [6.45, 7) is 7.13. The van der Waals surface area contributed by atoms with Crippen LogP contribution >= 0.6 is 0 Å². The van der Waals surface area contributed by atoms with E-state index in [-0.39, 0.29) is 24.4 Å². The summed E-state index contributed by atoms with van der Waals surface area (Å²) in [6, 6.07) is 3.87. The minimum Gasteiger partial charge on any atom is -0.379 e. The number of ether oxygens (including phenoxy) is 1. The highest BCUT2D eigenvalue weighted by molar-refractivity contribution is 5.76. The Morgan fingerprint density at radius 3 is 2.78 bits per heavy atom. The normalized spacial score (nSPS) is 20.8. The Labute approximate surface area is 135 Å². The van der Waals surface area contributed by atoms with E-state index in [9.17, 15) is 4.79 Å². The first-order chi connectivity index (χ1) is 11.0. The van der Waals surface area contributed by atoms with E-state index in [1.54, 1.807) is 4.68 Å². The Bertz CT molecular complexity index is 691. The lowest BCUT2D eigenvalue weighted by Crippen LogP contribution is -2.42. The van der Waals surface area contributed by atoms with Crippen molar-refractivity contribution in [3.8, 4) is 0 Å². The maximum absolute atomic E-state index is 12.3. The van der Waals surface area contributed by atoms with Gasteiger partial charge in [-0.3, -0.25) is 9.48 Å². The second kappa shape index (κ2) is 6.54. The maximum Gasteiger partial charge on any atom is 0.242 e. The summed E-state index contributed by atoms with van der Waals surface area (Å²) in [7, 11) is 0. The van der Waals surface area contributed by atoms with E-state index in [1.807, 2.05) is 32.9 Å². The Kier molecular flexibility index (Phi) is 4.47. The molecule has 1 aliphatic heterocycles. The molecule has 2 atom stereocenters. The summed E-state index contributed by atoms with van der Waals surface area (Å²) in [5.74, 6) is 0.980. The number of nitrogens with one attached hydrogen (secondary N) is 1. The zero-order chi connectivity index (χ0) is 16.4. The highest BCUT2D eigenvalue weighted by Crippen LogP contribution is 2.19. The van der Waals surface area contributed by atoms with Crippen molar-refractivity contribution < 1.29 is 14.1 Å². The molecule has 1 amide bonds. The van der Waals surface area contributed by atoms with Crippen molar-refractivity contribution in [2.75, 3.05) is 13.2 Å². The summed E-state index contributed by atoms with van der Waals surface area (Å²) in [5, 5.41) is 11.3. The summed E-state index contributed by atoms with van der Waals surface area (Å²) < 4.78 is 12.5. The van der Waals surface area contributed by atoms with E-state index in [0.717, 1.165) is 22.8 Å². The lowest BCUT2D eigenvalue weighted by molar-refractivity contribution is -0.122. The summed E-state index contributed by atoms with van der Waals surface area (Å²) >= 11 is 0. The van der Waals surface area contributed by atoms with Gasteiger partial charge in [-0.2, -0.15) is 5.10 Å². The maximum atomic E-state index is 12.3. The zero-order valence-electron chi connectivity index (χ0n) is 13.7. The van der Waals surface area contributed by atoms with Crippen molar-refractivity contribution in [2.45, 2.75) is 39.8 Å². The fraction of sp³-hybridized carbons (Fsp3) is 0.562. The molecule has 1 aliphatic rings. The molecule has 23 heavy (non-hydrogen) atoms. The van der Waals surface area contributed by atoms with Crippen LogP contribution in [0.2, 0.25) is 0 Å². The van der Waals surface area contributed by atoms with Gasteiger partial charge >= 0.3 is 0 Å². The average Bonchev–Trinajstić information content (AvgIpc) is 3.15. The molecule has 3 rings (SSSR count). The van der Waals surface area contributed by atoms with Crippen molar-refractivity contribution >= 4 is 5.91 Å². The largest absolute Gasteiger partial charge is 0.379 e. The van der Waals surface area contributed by atoms with Gasteiger partial charge < -0.3 is 14.6 Å². The van der Waals surface area contributed by atoms with E-state index in [1.165, 1.54) is 0 Å². The standard InChI is InChI=1S/C16H22N4O3/c1-10-4-12(3)20(18-10)7-16(21)17-15-9-22-8-13(15)6-14-5-11(2)19-23-14/h4-5,13,15H,6-9H2,1-3H3,(H,17,21)/t13-,15+/m0/s1. The lowest BCUT2D eigenvalue weighted by Gasteiger charge is -2.18. The summed E-state index contributed by atoms with van der Waals surface area (Å²) in [5.41, 5.74) is 2.76. The van der Waals surface area contributed by atoms with Crippen molar-refractivity contribution in [1.82, 2.24) is 20.3 Å². The topological polar surface area (TPSA) is 82.2 Å². The van der Waals surface area contributed by atoms with Gasteiger partial charge in [0.25, 0.3) is 0 Å². The fourth-order valence-electron chi connectivity index (χ4n) is 2.95. The molecule has 2 aromatic rings. The molecule has 0 aliphatic carbocycles. The molecule has 0 bridgehead atoms. The van der Waals surface area contributed by atoms with E-state index in [4.69, 9.17) is 9.26 Å². The lowest BCUT2D eigenvalue weighted by atomic mass is 9.98. The first kappa shape index (κ1) is 15.7. The molecule has 7 nitrogen and oxygen atoms in total. The van der Waals surface area contributed by atoms with E-state index < -0.39 is 0 Å². The Morgan fingerprint density at radius 2 is 2.13 bits per heavy atom. The van der Waals surface area contributed by atoms with Gasteiger partial charge in [-0.25, -0.2) is 0 Å². The van der Waals surface area contributed by atoms with Gasteiger partial charge in [-0.1, -0.05) is 5.16 Å². The van der Waals surface area contributed by atoms with Crippen LogP contribution in [0.4, 0.5) is 0 Å². The molecule has 0 unspecified atom stereocenters. The number of hydrogen-bond donors (Lipinski definition) is 1. The second-order valence-corrected chi connectivity index (χ2v) is 6.20. The molecule has 0 spiro atoms. The number of carbonyl (C=O) groups excluding carboxylic acids is 1. The van der Waals surface area contributed by atoms with Gasteiger partial charge in [-0.15, -0.1) is 0 Å². The predicted molar refractivity (Wildman–Crippen MR) is 82.9 cm³/mol. The minimum atomic E-state index is -0.0505. The van der Waals surface area contributed by atoms with Gasteiger partial charge in [0.2, 0.25) is 5.91 Å². The van der Waals surface area contributed by atoms with Gasteiger partial charge in [0.1, 0.15) is 12.3 Å². The quantitative estimate of drug-likeness (QED) is 0.895. The van der Waals surface area contributed by atoms with Crippen LogP contribution in [0.25, 0.3) is 0 Å². The van der Waals surface area contributed by atoms with Crippen molar-refractivity contribution in [3.63, 3.8) is 0 Å². The number of nitrogens with zero attached hydrogens (tertiary/aromatic N) is 3. The molecule has 0 radical (unpaired) electrons. The van der Waals surface area contributed by atoms with Crippen LogP contribution in [-0.4, -0.2) is 40.1 Å². The summed E-state index contributed by atoms with van der Waals surface area (Å²) in [4.78, 5) is 12.3. The Balaban J connectivity index is 1.57. The van der Waals surface area contributed by atoms with Crippen LogP contribution in [0.3, 0.4) is 0 Å². The molecule has 0 aromatic carbocycles. The SMILES string of the molecule is Cc1cc(C[C@H]2COC[C@H]2NC(=O)Cn2nc(C)cc2C)on1. The Hall–Kier alpha value is -2.15. The molecule has 1 fully saturated rings. The number of carbonyl (C=O) groups is 1. The predicted octanol–water partition coefficient (Wildman–Crippen LogP) is 1.17. The van der Waals surface area contributed by atoms with Crippen LogP contribution in [-0.2, 0) is 22.5 Å². The van der Waals surface area contributed by atoms with Gasteiger partial charge in [0.05, 0.1) is 30.6 Å². The van der Waals surface area contributed by atoms with Crippen LogP contribution < -0.4 is 5.32 Å². The van der Waals surface area contributed by atoms with Crippen LogP contribution in [0, 0.1) is 26.7 Å². The number of aryl methyl sites for hydroxylation is 3. The molecule has 1 saturated heterocycles. The highest BCUT2D eigenvalue weighted by atomic mass is 16.5. The molecule has 7 heteroatoms. The monoisotopic (exact) mass is 318 g/mol. The zero-order valence-corrected chi connectivity index (χ0v) is 13.7. The van der Waals surface area contributed by atoms with Crippen molar-refractivity contribution in [3.05, 3.63) is 35.0 Å². The van der Waals surface area contributed by atoms with Crippen molar-refractivity contribution in [2.24, 2.45) is 5.92 Å². The molecular formula is C16H22N4O3. The van der Waals surface area contributed by atoms with Gasteiger partial charge in [0.15, 0.2) is 0 Å². The molecule has 0 saturated carbocycles. The third-order valence-corrected chi connectivity index (χ3v) is 4.08. The van der Waals surface area contributed by atoms with Crippen LogP contribution in [0.5, 0.6) is 0 Å². The third-order valence-electron chi connectivity index (χ3n) is 4.08. The van der Waals surface area contributed by atoms with Gasteiger partial charge in [0, 0.05) is 24.1 Å². The molecule has 2 aromatic heterocycles. The first-order valence-electron chi connectivity index (χ1n) is 7.81. The first-order valence-corrected chi connectivity index (χ1v) is 7.81. The fourth-order valence-corrected chi connectivity index (χ4v) is 2.95. The summed E-state index contributed by atoms with van der Waals surface area (Å²) in [6.07, 6.45) is 0.714. The minimum absolute atomic E-state index is 0.00938. The number of aromatic nitrogens is 3. The van der Waals surface area contributed by atoms with Crippen molar-refractivity contribution in [1.29, 1.82) is 0 Å². The molecule has 1 N–H and O–H groups in total. The number of amides is 1. The average molecular weight is 318 g/mol. The smallest absolute Gasteiger partial charge is 0.242 e. The second-order valence-electron chi connectivity index (χ2n) is 6.20. The van der Waals surface area contributed by atoms with Crippen LogP contribution in [0.15, 0.2) is 16.7 Å². The third kappa shape index (κ3) is 3.79. The van der Waals surface area contributed by atoms with E-state index in [2.05, 4.69) is 15.6 Å². The number of hydrogen-bond acceptors (Lipinski definition) is 5. The van der Waals surface area contributed by atoms with Crippen LogP contribution in [0.1, 0.15) is 22.8 Å². The molecular weight excluding hydrogens is 296 g/mol. The van der Waals surface area contributed by atoms with E-state index in [0.29, 0.717) is 19.6 Å². The van der Waals surface area contributed by atoms with Gasteiger partial charge in [-0.05, 0) is 26.8 Å².